The van der Waals surface area contributed by atoms with Gasteiger partial charge >= 0.3 is 0 Å². The molecule has 0 bridgehead atoms. The fraction of sp³-hybridized carbons (Fsp3) is 0.462. The molecule has 2 aromatic rings. The summed E-state index contributed by atoms with van der Waals surface area (Å²) in [5.41, 5.74) is 7.48. The van der Waals surface area contributed by atoms with Crippen LogP contribution in [-0.2, 0) is 0 Å². The van der Waals surface area contributed by atoms with E-state index in [9.17, 15) is 5.11 Å². The number of fused-ring (bicyclic) bond motifs is 1. The lowest BCUT2D eigenvalue weighted by atomic mass is 10.2. The Morgan fingerprint density at radius 2 is 2.06 bits per heavy atom. The second kappa shape index (κ2) is 4.85. The summed E-state index contributed by atoms with van der Waals surface area (Å²) >= 11 is 0. The van der Waals surface area contributed by atoms with Gasteiger partial charge in [0.2, 0.25) is 0 Å². The van der Waals surface area contributed by atoms with E-state index in [1.807, 2.05) is 24.3 Å². The number of hydrogen-bond donors (Lipinski definition) is 2. The summed E-state index contributed by atoms with van der Waals surface area (Å²) in [6.45, 7) is 4.64. The van der Waals surface area contributed by atoms with Gasteiger partial charge in [-0.2, -0.15) is 0 Å². The van der Waals surface area contributed by atoms with Crippen molar-refractivity contribution in [2.75, 3.05) is 6.54 Å². The van der Waals surface area contributed by atoms with E-state index in [1.54, 1.807) is 0 Å². The molecule has 0 fully saturated rings. The van der Waals surface area contributed by atoms with E-state index in [0.717, 1.165) is 11.0 Å². The molecule has 0 radical (unpaired) electrons. The molecule has 2 rings (SSSR count). The van der Waals surface area contributed by atoms with Gasteiger partial charge in [-0.1, -0.05) is 12.1 Å². The van der Waals surface area contributed by atoms with Crippen LogP contribution in [0.1, 0.15) is 38.2 Å². The monoisotopic (exact) mass is 233 g/mol. The molecule has 0 saturated heterocycles. The number of para-hydroxylation sites is 2. The largest absolute Gasteiger partial charge is 0.385 e. The van der Waals surface area contributed by atoms with Gasteiger partial charge in [-0.3, -0.25) is 0 Å². The molecule has 4 heteroatoms. The molecule has 17 heavy (non-hydrogen) atoms. The molecule has 0 aliphatic carbocycles. The summed E-state index contributed by atoms with van der Waals surface area (Å²) in [5.74, 6) is 0.714. The topological polar surface area (TPSA) is 64.1 Å². The van der Waals surface area contributed by atoms with Crippen LogP contribution in [0.25, 0.3) is 11.0 Å². The van der Waals surface area contributed by atoms with Crippen LogP contribution in [-0.4, -0.2) is 21.2 Å². The van der Waals surface area contributed by atoms with Crippen LogP contribution in [0.2, 0.25) is 0 Å². The first-order valence-corrected chi connectivity index (χ1v) is 6.00. The standard InChI is InChI=1S/C13H19N3O/c1-9(2)16-11-6-4-3-5-10(11)15-13(16)12(17)7-8-14/h3-6,9,12,17H,7-8,14H2,1-2H3. The third-order valence-electron chi connectivity index (χ3n) is 2.88. The highest BCUT2D eigenvalue weighted by atomic mass is 16.3. The zero-order valence-corrected chi connectivity index (χ0v) is 10.3. The maximum atomic E-state index is 10.1. The predicted octanol–water partition coefficient (Wildman–Crippen LogP) is 2.00. The lowest BCUT2D eigenvalue weighted by molar-refractivity contribution is 0.155. The number of nitrogens with two attached hydrogens (primary N) is 1. The van der Waals surface area contributed by atoms with Gasteiger partial charge in [-0.05, 0) is 38.9 Å². The average Bonchev–Trinajstić information content (AvgIpc) is 2.68. The molecule has 1 heterocycles. The van der Waals surface area contributed by atoms with E-state index in [0.29, 0.717) is 18.8 Å². The molecule has 0 saturated carbocycles. The summed E-state index contributed by atoms with van der Waals surface area (Å²) in [4.78, 5) is 4.51. The second-order valence-corrected chi connectivity index (χ2v) is 4.52. The summed E-state index contributed by atoms with van der Waals surface area (Å²) in [7, 11) is 0. The molecule has 0 aliphatic rings. The van der Waals surface area contributed by atoms with Gasteiger partial charge in [-0.15, -0.1) is 0 Å². The zero-order chi connectivity index (χ0) is 12.4. The number of aromatic nitrogens is 2. The number of rotatable bonds is 4. The van der Waals surface area contributed by atoms with Crippen LogP contribution in [0, 0.1) is 0 Å². The van der Waals surface area contributed by atoms with Crippen LogP contribution in [0.3, 0.4) is 0 Å². The number of imidazole rings is 1. The van der Waals surface area contributed by atoms with Gasteiger partial charge < -0.3 is 15.4 Å². The van der Waals surface area contributed by atoms with Crippen molar-refractivity contribution in [3.05, 3.63) is 30.1 Å². The van der Waals surface area contributed by atoms with Gasteiger partial charge in [-0.25, -0.2) is 4.98 Å². The summed E-state index contributed by atoms with van der Waals surface area (Å²) in [5, 5.41) is 10.1. The first kappa shape index (κ1) is 12.1. The summed E-state index contributed by atoms with van der Waals surface area (Å²) in [6.07, 6.45) is -0.0504. The van der Waals surface area contributed by atoms with E-state index < -0.39 is 6.10 Å². The van der Waals surface area contributed by atoms with Gasteiger partial charge in [0, 0.05) is 6.04 Å². The molecule has 0 aliphatic heterocycles. The number of aliphatic hydroxyl groups excluding tert-OH is 1. The second-order valence-electron chi connectivity index (χ2n) is 4.52. The normalized spacial score (nSPS) is 13.5. The van der Waals surface area contributed by atoms with E-state index in [4.69, 9.17) is 5.73 Å². The molecule has 1 unspecified atom stereocenters. The highest BCUT2D eigenvalue weighted by Crippen LogP contribution is 2.25. The first-order chi connectivity index (χ1) is 8.15. The number of benzene rings is 1. The van der Waals surface area contributed by atoms with Crippen LogP contribution in [0.5, 0.6) is 0 Å². The number of nitrogens with zero attached hydrogens (tertiary/aromatic N) is 2. The molecule has 0 spiro atoms. The van der Waals surface area contributed by atoms with Crippen molar-refractivity contribution in [1.29, 1.82) is 0 Å². The Morgan fingerprint density at radius 3 is 2.71 bits per heavy atom. The average molecular weight is 233 g/mol. The van der Waals surface area contributed by atoms with Crippen molar-refractivity contribution in [3.63, 3.8) is 0 Å². The molecular weight excluding hydrogens is 214 g/mol. The highest BCUT2D eigenvalue weighted by Gasteiger charge is 2.18. The first-order valence-electron chi connectivity index (χ1n) is 6.00. The fourth-order valence-corrected chi connectivity index (χ4v) is 2.13. The molecular formula is C13H19N3O. The van der Waals surface area contributed by atoms with Crippen LogP contribution in [0.15, 0.2) is 24.3 Å². The van der Waals surface area contributed by atoms with Gasteiger partial charge in [0.05, 0.1) is 11.0 Å². The molecule has 1 atom stereocenters. The smallest absolute Gasteiger partial charge is 0.139 e. The van der Waals surface area contributed by atoms with Gasteiger partial charge in [0.15, 0.2) is 0 Å². The minimum absolute atomic E-state index is 0.268. The zero-order valence-electron chi connectivity index (χ0n) is 10.3. The van der Waals surface area contributed by atoms with E-state index >= 15 is 0 Å². The molecule has 1 aromatic carbocycles. The van der Waals surface area contributed by atoms with Crippen LogP contribution >= 0.6 is 0 Å². The van der Waals surface area contributed by atoms with Crippen molar-refractivity contribution >= 4 is 11.0 Å². The Balaban J connectivity index is 2.57. The third kappa shape index (κ3) is 2.18. The minimum atomic E-state index is -0.588. The fourth-order valence-electron chi connectivity index (χ4n) is 2.13. The summed E-state index contributed by atoms with van der Waals surface area (Å²) < 4.78 is 2.08. The Hall–Kier alpha value is -1.39. The molecule has 3 N–H and O–H groups in total. The SMILES string of the molecule is CC(C)n1c(C(O)CCN)nc2ccccc21. The van der Waals surface area contributed by atoms with Crippen molar-refractivity contribution in [3.8, 4) is 0 Å². The Morgan fingerprint density at radius 1 is 1.35 bits per heavy atom. The van der Waals surface area contributed by atoms with Gasteiger partial charge in [0.25, 0.3) is 0 Å². The third-order valence-corrected chi connectivity index (χ3v) is 2.88. The molecule has 1 aromatic heterocycles. The Kier molecular flexibility index (Phi) is 3.45. The quantitative estimate of drug-likeness (QED) is 0.849. The molecule has 0 amide bonds. The molecule has 4 nitrogen and oxygen atoms in total. The maximum Gasteiger partial charge on any atom is 0.139 e. The van der Waals surface area contributed by atoms with E-state index in [-0.39, 0.29) is 6.04 Å². The van der Waals surface area contributed by atoms with Crippen molar-refractivity contribution in [2.45, 2.75) is 32.4 Å². The van der Waals surface area contributed by atoms with Crippen molar-refractivity contribution in [1.82, 2.24) is 9.55 Å². The predicted molar refractivity (Wildman–Crippen MR) is 68.7 cm³/mol. The summed E-state index contributed by atoms with van der Waals surface area (Å²) in [6, 6.07) is 8.21. The Labute approximate surface area is 101 Å². The van der Waals surface area contributed by atoms with E-state index in [2.05, 4.69) is 23.4 Å². The number of hydrogen-bond acceptors (Lipinski definition) is 3. The number of aliphatic hydroxyl groups is 1. The van der Waals surface area contributed by atoms with Crippen LogP contribution < -0.4 is 5.73 Å². The maximum absolute atomic E-state index is 10.1. The molecule has 92 valence electrons. The Bertz CT molecular complexity index is 504. The van der Waals surface area contributed by atoms with Crippen molar-refractivity contribution in [2.24, 2.45) is 5.73 Å². The minimum Gasteiger partial charge on any atom is -0.385 e. The highest BCUT2D eigenvalue weighted by molar-refractivity contribution is 5.76. The lowest BCUT2D eigenvalue weighted by Crippen LogP contribution is -2.14. The lowest BCUT2D eigenvalue weighted by Gasteiger charge is -2.16. The van der Waals surface area contributed by atoms with Gasteiger partial charge in [0.1, 0.15) is 11.9 Å². The van der Waals surface area contributed by atoms with E-state index in [1.165, 1.54) is 0 Å². The van der Waals surface area contributed by atoms with Crippen molar-refractivity contribution < 1.29 is 5.11 Å². The van der Waals surface area contributed by atoms with Crippen LogP contribution in [0.4, 0.5) is 0 Å².